The highest BCUT2D eigenvalue weighted by atomic mass is 16.5. The van der Waals surface area contributed by atoms with Crippen LogP contribution in [-0.4, -0.2) is 40.1 Å². The number of carbonyl (C=O) groups excluding carboxylic acids is 1. The Morgan fingerprint density at radius 1 is 1.27 bits per heavy atom. The molecule has 1 aromatic rings. The molecule has 0 aliphatic rings. The fraction of sp³-hybridized carbons (Fsp3) is 0.688. The lowest BCUT2D eigenvalue weighted by atomic mass is 9.95. The van der Waals surface area contributed by atoms with E-state index in [0.717, 1.165) is 17.0 Å². The predicted octanol–water partition coefficient (Wildman–Crippen LogP) is 2.74. The van der Waals surface area contributed by atoms with Crippen LogP contribution in [0.1, 0.15) is 56.5 Å². The molecule has 1 aromatic heterocycles. The van der Waals surface area contributed by atoms with Crippen LogP contribution < -0.4 is 0 Å². The van der Waals surface area contributed by atoms with Crippen molar-refractivity contribution in [1.29, 1.82) is 0 Å². The van der Waals surface area contributed by atoms with E-state index in [1.807, 2.05) is 34.6 Å². The van der Waals surface area contributed by atoms with E-state index < -0.39 is 5.97 Å². The largest absolute Gasteiger partial charge is 0.481 e. The topological polar surface area (TPSA) is 83.6 Å². The summed E-state index contributed by atoms with van der Waals surface area (Å²) in [5, 5.41) is 12.7. The Kier molecular flexibility index (Phi) is 6.59. The van der Waals surface area contributed by atoms with Gasteiger partial charge in [0.25, 0.3) is 0 Å². The van der Waals surface area contributed by atoms with Crippen molar-refractivity contribution < 1.29 is 19.2 Å². The molecule has 1 atom stereocenters. The number of amides is 1. The van der Waals surface area contributed by atoms with Crippen LogP contribution in [0.4, 0.5) is 0 Å². The van der Waals surface area contributed by atoms with Crippen molar-refractivity contribution in [3.63, 3.8) is 0 Å². The summed E-state index contributed by atoms with van der Waals surface area (Å²) in [7, 11) is 0. The predicted molar refractivity (Wildman–Crippen MR) is 82.7 cm³/mol. The number of hydrogen-bond donors (Lipinski definition) is 1. The molecule has 0 saturated carbocycles. The minimum absolute atomic E-state index is 0.00163. The normalized spacial score (nSPS) is 12.5. The van der Waals surface area contributed by atoms with Gasteiger partial charge in [0.1, 0.15) is 5.76 Å². The fourth-order valence-corrected chi connectivity index (χ4v) is 2.68. The summed E-state index contributed by atoms with van der Waals surface area (Å²) >= 11 is 0. The quantitative estimate of drug-likeness (QED) is 0.798. The number of aromatic nitrogens is 1. The average molecular weight is 310 g/mol. The van der Waals surface area contributed by atoms with E-state index in [1.165, 1.54) is 0 Å². The molecule has 0 spiro atoms. The lowest BCUT2D eigenvalue weighted by molar-refractivity contribution is -0.138. The highest BCUT2D eigenvalue weighted by Gasteiger charge is 2.23. The van der Waals surface area contributed by atoms with Gasteiger partial charge < -0.3 is 14.5 Å². The molecule has 0 saturated heterocycles. The lowest BCUT2D eigenvalue weighted by Gasteiger charge is -2.25. The smallest absolute Gasteiger partial charge is 0.305 e. The van der Waals surface area contributed by atoms with E-state index in [4.69, 9.17) is 9.63 Å². The summed E-state index contributed by atoms with van der Waals surface area (Å²) < 4.78 is 5.15. The molecule has 0 aromatic carbocycles. The standard InChI is InChI=1S/C16H26N2O4/c1-10(2)9-18(7-6-15(20)21)14(19)8-11(3)16-12(4)17-22-13(16)5/h10-11H,6-9H2,1-5H3,(H,20,21). The van der Waals surface area contributed by atoms with Crippen LogP contribution in [0.3, 0.4) is 0 Å². The summed E-state index contributed by atoms with van der Waals surface area (Å²) in [6, 6.07) is 0. The average Bonchev–Trinajstić information content (AvgIpc) is 2.73. The lowest BCUT2D eigenvalue weighted by Crippen LogP contribution is -2.36. The maximum Gasteiger partial charge on any atom is 0.305 e. The van der Waals surface area contributed by atoms with Gasteiger partial charge in [-0.1, -0.05) is 25.9 Å². The van der Waals surface area contributed by atoms with Crippen LogP contribution in [0.15, 0.2) is 4.52 Å². The van der Waals surface area contributed by atoms with E-state index in [-0.39, 0.29) is 24.8 Å². The third-order valence-electron chi connectivity index (χ3n) is 3.60. The molecule has 1 heterocycles. The molecule has 0 radical (unpaired) electrons. The van der Waals surface area contributed by atoms with Crippen LogP contribution in [0, 0.1) is 19.8 Å². The van der Waals surface area contributed by atoms with Crippen LogP contribution in [-0.2, 0) is 9.59 Å². The first-order valence-corrected chi connectivity index (χ1v) is 7.64. The number of hydrogen-bond acceptors (Lipinski definition) is 4. The number of carbonyl (C=O) groups is 2. The second kappa shape index (κ2) is 7.96. The van der Waals surface area contributed by atoms with Gasteiger partial charge in [0.15, 0.2) is 0 Å². The molecule has 0 aliphatic heterocycles. The zero-order valence-electron chi connectivity index (χ0n) is 14.0. The third kappa shape index (κ3) is 5.16. The molecule has 0 aliphatic carbocycles. The maximum atomic E-state index is 12.5. The molecule has 1 rings (SSSR count). The van der Waals surface area contributed by atoms with Crippen molar-refractivity contribution in [2.75, 3.05) is 13.1 Å². The van der Waals surface area contributed by atoms with E-state index in [9.17, 15) is 9.59 Å². The molecular formula is C16H26N2O4. The maximum absolute atomic E-state index is 12.5. The number of aliphatic carboxylic acids is 1. The first-order valence-electron chi connectivity index (χ1n) is 7.64. The summed E-state index contributed by atoms with van der Waals surface area (Å²) in [5.74, 6) is 0.117. The van der Waals surface area contributed by atoms with Gasteiger partial charge in [-0.05, 0) is 25.7 Å². The Bertz CT molecular complexity index is 503. The Hall–Kier alpha value is -1.85. The van der Waals surface area contributed by atoms with E-state index in [2.05, 4.69) is 5.16 Å². The monoisotopic (exact) mass is 310 g/mol. The van der Waals surface area contributed by atoms with Gasteiger partial charge in [-0.25, -0.2) is 0 Å². The summed E-state index contributed by atoms with van der Waals surface area (Å²) in [6.45, 7) is 10.5. The summed E-state index contributed by atoms with van der Waals surface area (Å²) in [5.41, 5.74) is 1.77. The highest BCUT2D eigenvalue weighted by Crippen LogP contribution is 2.26. The van der Waals surface area contributed by atoms with Crippen molar-refractivity contribution in [1.82, 2.24) is 10.1 Å². The Balaban J connectivity index is 2.74. The molecule has 6 nitrogen and oxygen atoms in total. The van der Waals surface area contributed by atoms with Gasteiger partial charge in [-0.15, -0.1) is 0 Å². The van der Waals surface area contributed by atoms with Crippen molar-refractivity contribution in [2.24, 2.45) is 5.92 Å². The molecule has 1 N–H and O–H groups in total. The molecule has 6 heteroatoms. The second-order valence-corrected chi connectivity index (χ2v) is 6.22. The van der Waals surface area contributed by atoms with Crippen molar-refractivity contribution in [3.05, 3.63) is 17.0 Å². The number of carboxylic acid groups (broad SMARTS) is 1. The van der Waals surface area contributed by atoms with Crippen molar-refractivity contribution in [3.8, 4) is 0 Å². The van der Waals surface area contributed by atoms with Crippen LogP contribution in [0.5, 0.6) is 0 Å². The summed E-state index contributed by atoms with van der Waals surface area (Å²) in [4.78, 5) is 24.9. The van der Waals surface area contributed by atoms with E-state index in [0.29, 0.717) is 18.9 Å². The number of rotatable bonds is 8. The molecule has 0 bridgehead atoms. The molecule has 22 heavy (non-hydrogen) atoms. The third-order valence-corrected chi connectivity index (χ3v) is 3.60. The van der Waals surface area contributed by atoms with E-state index >= 15 is 0 Å². The van der Waals surface area contributed by atoms with Crippen molar-refractivity contribution >= 4 is 11.9 Å². The molecule has 124 valence electrons. The zero-order chi connectivity index (χ0) is 16.9. The first-order chi connectivity index (χ1) is 10.2. The van der Waals surface area contributed by atoms with Gasteiger partial charge in [0.2, 0.25) is 5.91 Å². The number of aryl methyl sites for hydroxylation is 2. The Labute approximate surface area is 131 Å². The zero-order valence-corrected chi connectivity index (χ0v) is 14.0. The summed E-state index contributed by atoms with van der Waals surface area (Å²) in [6.07, 6.45) is 0.299. The molecule has 0 fully saturated rings. The fourth-order valence-electron chi connectivity index (χ4n) is 2.68. The number of carboxylic acids is 1. The van der Waals surface area contributed by atoms with Gasteiger partial charge in [-0.2, -0.15) is 0 Å². The van der Waals surface area contributed by atoms with Gasteiger partial charge in [-0.3, -0.25) is 9.59 Å². The van der Waals surface area contributed by atoms with Crippen LogP contribution >= 0.6 is 0 Å². The van der Waals surface area contributed by atoms with E-state index in [1.54, 1.807) is 4.90 Å². The van der Waals surface area contributed by atoms with Crippen molar-refractivity contribution in [2.45, 2.75) is 53.4 Å². The Morgan fingerprint density at radius 3 is 2.36 bits per heavy atom. The first kappa shape index (κ1) is 18.2. The van der Waals surface area contributed by atoms with Gasteiger partial charge >= 0.3 is 5.97 Å². The van der Waals surface area contributed by atoms with Crippen LogP contribution in [0.25, 0.3) is 0 Å². The van der Waals surface area contributed by atoms with Gasteiger partial charge in [0, 0.05) is 25.1 Å². The Morgan fingerprint density at radius 2 is 1.91 bits per heavy atom. The minimum Gasteiger partial charge on any atom is -0.481 e. The number of nitrogens with zero attached hydrogens (tertiary/aromatic N) is 2. The van der Waals surface area contributed by atoms with Gasteiger partial charge in [0.05, 0.1) is 12.1 Å². The minimum atomic E-state index is -0.889. The highest BCUT2D eigenvalue weighted by molar-refractivity contribution is 5.78. The second-order valence-electron chi connectivity index (χ2n) is 6.22. The van der Waals surface area contributed by atoms with Crippen LogP contribution in [0.2, 0.25) is 0 Å². The molecular weight excluding hydrogens is 284 g/mol. The SMILES string of the molecule is Cc1noc(C)c1C(C)CC(=O)N(CCC(=O)O)CC(C)C. The molecule has 1 amide bonds. The molecule has 1 unspecified atom stereocenters.